The van der Waals surface area contributed by atoms with Crippen LogP contribution in [-0.2, 0) is 12.8 Å². The van der Waals surface area contributed by atoms with Crippen LogP contribution in [0, 0.1) is 10.1 Å². The number of alkyl halides is 3. The Morgan fingerprint density at radius 3 is 2.32 bits per heavy atom. The van der Waals surface area contributed by atoms with Crippen molar-refractivity contribution in [1.82, 2.24) is 4.98 Å². The Bertz CT molecular complexity index is 961. The van der Waals surface area contributed by atoms with Gasteiger partial charge >= 0.3 is 11.9 Å². The summed E-state index contributed by atoms with van der Waals surface area (Å²) in [4.78, 5) is 13.9. The normalized spacial score (nSPS) is 11.1. The van der Waals surface area contributed by atoms with Crippen molar-refractivity contribution in [2.45, 2.75) is 12.8 Å². The van der Waals surface area contributed by atoms with E-state index in [9.17, 15) is 23.3 Å². The monoisotopic (exact) mass is 390 g/mol. The van der Waals surface area contributed by atoms with Crippen LogP contribution < -0.4 is 9.47 Å². The maximum absolute atomic E-state index is 12.6. The number of pyridine rings is 1. The molecular weight excluding hydrogens is 377 g/mol. The maximum Gasteiger partial charge on any atom is 0.433 e. The second kappa shape index (κ2) is 7.95. The third-order valence-electron chi connectivity index (χ3n) is 3.63. The highest BCUT2D eigenvalue weighted by atomic mass is 19.4. The van der Waals surface area contributed by atoms with Gasteiger partial charge in [0.2, 0.25) is 5.75 Å². The first-order valence-corrected chi connectivity index (χ1v) is 7.99. The number of nitro benzene ring substituents is 1. The van der Waals surface area contributed by atoms with Crippen molar-refractivity contribution in [3.8, 4) is 17.2 Å². The molecule has 144 valence electrons. The summed E-state index contributed by atoms with van der Waals surface area (Å²) in [5.74, 6) is 0.192. The van der Waals surface area contributed by atoms with E-state index in [1.165, 1.54) is 18.2 Å². The maximum atomic E-state index is 12.6. The highest BCUT2D eigenvalue weighted by Gasteiger charge is 2.32. The summed E-state index contributed by atoms with van der Waals surface area (Å²) >= 11 is 0. The molecule has 6 nitrogen and oxygen atoms in total. The number of aromatic nitrogens is 1. The minimum absolute atomic E-state index is 0.0220. The van der Waals surface area contributed by atoms with E-state index in [0.29, 0.717) is 0 Å². The highest BCUT2D eigenvalue weighted by Crippen LogP contribution is 2.34. The van der Waals surface area contributed by atoms with E-state index in [4.69, 9.17) is 9.47 Å². The Morgan fingerprint density at radius 2 is 1.71 bits per heavy atom. The van der Waals surface area contributed by atoms with Crippen LogP contribution in [-0.4, -0.2) is 9.91 Å². The van der Waals surface area contributed by atoms with E-state index >= 15 is 0 Å². The van der Waals surface area contributed by atoms with E-state index in [2.05, 4.69) is 4.98 Å². The molecule has 9 heteroatoms. The molecule has 0 bridgehead atoms. The molecule has 28 heavy (non-hydrogen) atoms. The molecule has 0 aliphatic carbocycles. The zero-order valence-electron chi connectivity index (χ0n) is 14.2. The molecule has 0 saturated heterocycles. The highest BCUT2D eigenvalue weighted by molar-refractivity contribution is 5.51. The molecule has 2 aromatic carbocycles. The predicted molar refractivity (Wildman–Crippen MR) is 93.2 cm³/mol. The van der Waals surface area contributed by atoms with Crippen molar-refractivity contribution in [2.24, 2.45) is 0 Å². The second-order valence-electron chi connectivity index (χ2n) is 5.64. The predicted octanol–water partition coefficient (Wildman–Crippen LogP) is 5.38. The number of nitro groups is 1. The number of nitrogens with zero attached hydrogens (tertiary/aromatic N) is 2. The summed E-state index contributed by atoms with van der Waals surface area (Å²) < 4.78 is 48.7. The fourth-order valence-corrected chi connectivity index (χ4v) is 2.30. The first-order chi connectivity index (χ1) is 13.3. The Kier molecular flexibility index (Phi) is 5.44. The molecule has 1 aromatic heterocycles. The molecule has 0 spiro atoms. The van der Waals surface area contributed by atoms with Gasteiger partial charge < -0.3 is 9.47 Å². The van der Waals surface area contributed by atoms with E-state index in [1.54, 1.807) is 12.1 Å². The molecular formula is C19H13F3N2O4. The first-order valence-electron chi connectivity index (χ1n) is 7.99. The van der Waals surface area contributed by atoms with Crippen molar-refractivity contribution in [3.05, 3.63) is 88.2 Å². The number of halogens is 3. The minimum atomic E-state index is -4.55. The zero-order valence-corrected chi connectivity index (χ0v) is 14.2. The average molecular weight is 390 g/mol. The van der Waals surface area contributed by atoms with Crippen molar-refractivity contribution in [2.75, 3.05) is 0 Å². The van der Waals surface area contributed by atoms with Gasteiger partial charge in [-0.2, -0.15) is 13.2 Å². The van der Waals surface area contributed by atoms with Crippen molar-refractivity contribution < 1.29 is 27.6 Å². The van der Waals surface area contributed by atoms with E-state index in [1.807, 2.05) is 18.2 Å². The quantitative estimate of drug-likeness (QED) is 0.417. The Balaban J connectivity index is 1.79. The van der Waals surface area contributed by atoms with Gasteiger partial charge in [-0.25, -0.2) is 4.98 Å². The molecule has 0 saturated carbocycles. The molecule has 0 aliphatic heterocycles. The summed E-state index contributed by atoms with van der Waals surface area (Å²) in [6.45, 7) is 0.104. The van der Waals surface area contributed by atoms with Crippen LogP contribution in [0.4, 0.5) is 18.9 Å². The Hall–Kier alpha value is -3.62. The van der Waals surface area contributed by atoms with Gasteiger partial charge in [-0.1, -0.05) is 30.3 Å². The molecule has 0 fully saturated rings. The molecule has 0 amide bonds. The SMILES string of the molecule is O=[N+]([O-])c1ccc(Oc2ccc(C(F)(F)F)nc2)cc1OCc1ccccc1. The molecule has 0 radical (unpaired) electrons. The lowest BCUT2D eigenvalue weighted by molar-refractivity contribution is -0.386. The van der Waals surface area contributed by atoms with Crippen molar-refractivity contribution in [1.29, 1.82) is 0 Å². The van der Waals surface area contributed by atoms with Crippen LogP contribution in [0.25, 0.3) is 0 Å². The minimum Gasteiger partial charge on any atom is -0.482 e. The van der Waals surface area contributed by atoms with Gasteiger partial charge in [-0.3, -0.25) is 10.1 Å². The van der Waals surface area contributed by atoms with Crippen LogP contribution in [0.15, 0.2) is 66.9 Å². The van der Waals surface area contributed by atoms with Crippen LogP contribution in [0.3, 0.4) is 0 Å². The van der Waals surface area contributed by atoms with Crippen LogP contribution >= 0.6 is 0 Å². The molecule has 0 N–H and O–H groups in total. The van der Waals surface area contributed by atoms with Gasteiger partial charge in [0.1, 0.15) is 23.8 Å². The van der Waals surface area contributed by atoms with Gasteiger partial charge in [0, 0.05) is 12.1 Å². The van der Waals surface area contributed by atoms with E-state index in [-0.39, 0.29) is 29.5 Å². The van der Waals surface area contributed by atoms with Gasteiger partial charge in [0.15, 0.2) is 0 Å². The van der Waals surface area contributed by atoms with E-state index in [0.717, 1.165) is 23.9 Å². The first kappa shape index (κ1) is 19.2. The number of rotatable bonds is 6. The molecule has 0 aliphatic rings. The number of ether oxygens (including phenoxy) is 2. The standard InChI is InChI=1S/C19H13F3N2O4/c20-19(21,22)18-9-7-15(11-23-18)28-14-6-8-16(24(25)26)17(10-14)27-12-13-4-2-1-3-5-13/h1-11H,12H2. The Morgan fingerprint density at radius 1 is 1.00 bits per heavy atom. The van der Waals surface area contributed by atoms with Gasteiger partial charge in [0.25, 0.3) is 0 Å². The smallest absolute Gasteiger partial charge is 0.433 e. The second-order valence-corrected chi connectivity index (χ2v) is 5.64. The lowest BCUT2D eigenvalue weighted by Crippen LogP contribution is -2.07. The summed E-state index contributed by atoms with van der Waals surface area (Å²) in [5, 5.41) is 11.2. The molecule has 1 heterocycles. The molecule has 0 unspecified atom stereocenters. The number of hydrogen-bond acceptors (Lipinski definition) is 5. The fourth-order valence-electron chi connectivity index (χ4n) is 2.30. The largest absolute Gasteiger partial charge is 0.482 e. The number of hydrogen-bond donors (Lipinski definition) is 0. The van der Waals surface area contributed by atoms with Gasteiger partial charge in [-0.15, -0.1) is 0 Å². The lowest BCUT2D eigenvalue weighted by Gasteiger charge is -2.11. The molecule has 3 rings (SSSR count). The fraction of sp³-hybridized carbons (Fsp3) is 0.105. The number of benzene rings is 2. The average Bonchev–Trinajstić information content (AvgIpc) is 2.67. The third-order valence-corrected chi connectivity index (χ3v) is 3.63. The van der Waals surface area contributed by atoms with Gasteiger partial charge in [0.05, 0.1) is 11.1 Å². The van der Waals surface area contributed by atoms with E-state index < -0.39 is 16.8 Å². The Labute approximate surface area is 157 Å². The summed E-state index contributed by atoms with van der Waals surface area (Å²) in [7, 11) is 0. The van der Waals surface area contributed by atoms with Crippen LogP contribution in [0.1, 0.15) is 11.3 Å². The third kappa shape index (κ3) is 4.76. The molecule has 3 aromatic rings. The van der Waals surface area contributed by atoms with Crippen molar-refractivity contribution in [3.63, 3.8) is 0 Å². The summed E-state index contributed by atoms with van der Waals surface area (Å²) in [6.07, 6.45) is -3.63. The van der Waals surface area contributed by atoms with Gasteiger partial charge in [-0.05, 0) is 23.8 Å². The summed E-state index contributed by atoms with van der Waals surface area (Å²) in [5.41, 5.74) is -0.487. The summed E-state index contributed by atoms with van der Waals surface area (Å²) in [6, 6.07) is 14.8. The zero-order chi connectivity index (χ0) is 20.1. The van der Waals surface area contributed by atoms with Crippen LogP contribution in [0.2, 0.25) is 0 Å². The topological polar surface area (TPSA) is 74.5 Å². The van der Waals surface area contributed by atoms with Crippen LogP contribution in [0.5, 0.6) is 17.2 Å². The lowest BCUT2D eigenvalue weighted by atomic mass is 10.2. The molecule has 0 atom stereocenters. The van der Waals surface area contributed by atoms with Crippen molar-refractivity contribution >= 4 is 5.69 Å².